The lowest BCUT2D eigenvalue weighted by Gasteiger charge is -2.21. The third kappa shape index (κ3) is 3.61. The molecular weight excluding hydrogens is 296 g/mol. The minimum absolute atomic E-state index is 0.0716. The molecule has 6 nitrogen and oxygen atoms in total. The van der Waals surface area contributed by atoms with Gasteiger partial charge in [-0.2, -0.15) is 0 Å². The van der Waals surface area contributed by atoms with Crippen LogP contribution in [0.3, 0.4) is 0 Å². The Bertz CT molecular complexity index is 560. The summed E-state index contributed by atoms with van der Waals surface area (Å²) in [5, 5.41) is 22.5. The van der Waals surface area contributed by atoms with Crippen molar-refractivity contribution < 1.29 is 24.3 Å². The highest BCUT2D eigenvalue weighted by Gasteiger charge is 2.39. The summed E-state index contributed by atoms with van der Waals surface area (Å²) in [5.41, 5.74) is 0.104. The fraction of sp³-hybridized carbons (Fsp3) is 0.462. The molecule has 0 saturated heterocycles. The molecule has 1 aliphatic heterocycles. The van der Waals surface area contributed by atoms with E-state index < -0.39 is 24.9 Å². The van der Waals surface area contributed by atoms with Gasteiger partial charge in [-0.15, -0.1) is 0 Å². The predicted molar refractivity (Wildman–Crippen MR) is 78.8 cm³/mol. The van der Waals surface area contributed by atoms with Crippen LogP contribution in [-0.2, 0) is 9.39 Å². The van der Waals surface area contributed by atoms with Crippen molar-refractivity contribution in [2.75, 3.05) is 6.54 Å². The SMILES string of the molecule is CC(C)(C)OC(=O)NC[C@H]1OB(O)c2c(O)ccc(Cl)c21. The second-order valence-electron chi connectivity index (χ2n) is 5.75. The molecule has 0 fully saturated rings. The van der Waals surface area contributed by atoms with Crippen LogP contribution in [0.25, 0.3) is 0 Å². The number of phenolic OH excluding ortho intramolecular Hbond substituents is 1. The van der Waals surface area contributed by atoms with Gasteiger partial charge in [-0.1, -0.05) is 11.6 Å². The van der Waals surface area contributed by atoms with Crippen LogP contribution in [0.15, 0.2) is 12.1 Å². The van der Waals surface area contributed by atoms with Crippen LogP contribution in [0.5, 0.6) is 5.75 Å². The first-order valence-electron chi connectivity index (χ1n) is 6.50. The smallest absolute Gasteiger partial charge is 0.495 e. The van der Waals surface area contributed by atoms with Gasteiger partial charge < -0.3 is 24.8 Å². The normalized spacial score (nSPS) is 17.6. The summed E-state index contributed by atoms with van der Waals surface area (Å²) in [6, 6.07) is 2.90. The van der Waals surface area contributed by atoms with Gasteiger partial charge in [0, 0.05) is 22.6 Å². The lowest BCUT2D eigenvalue weighted by molar-refractivity contribution is 0.0498. The number of carbonyl (C=O) groups excluding carboxylic acids is 1. The molecule has 0 unspecified atom stereocenters. The molecule has 0 aromatic heterocycles. The van der Waals surface area contributed by atoms with E-state index in [0.717, 1.165) is 0 Å². The zero-order valence-electron chi connectivity index (χ0n) is 12.0. The van der Waals surface area contributed by atoms with E-state index in [-0.39, 0.29) is 17.8 Å². The zero-order valence-corrected chi connectivity index (χ0v) is 12.8. The molecule has 1 aromatic carbocycles. The number of aromatic hydroxyl groups is 1. The molecule has 0 aliphatic carbocycles. The summed E-state index contributed by atoms with van der Waals surface area (Å²) >= 11 is 6.08. The summed E-state index contributed by atoms with van der Waals surface area (Å²) in [7, 11) is -1.27. The van der Waals surface area contributed by atoms with Crippen molar-refractivity contribution in [1.29, 1.82) is 0 Å². The molecule has 0 bridgehead atoms. The van der Waals surface area contributed by atoms with Crippen molar-refractivity contribution >= 4 is 30.3 Å². The number of hydrogen-bond donors (Lipinski definition) is 3. The zero-order chi connectivity index (χ0) is 15.8. The van der Waals surface area contributed by atoms with Crippen LogP contribution in [0.4, 0.5) is 4.79 Å². The van der Waals surface area contributed by atoms with Crippen molar-refractivity contribution in [1.82, 2.24) is 5.32 Å². The number of hydrogen-bond acceptors (Lipinski definition) is 5. The summed E-state index contributed by atoms with van der Waals surface area (Å²) in [6.45, 7) is 5.34. The number of nitrogens with one attached hydrogen (secondary N) is 1. The van der Waals surface area contributed by atoms with Crippen LogP contribution in [0.1, 0.15) is 32.4 Å². The number of fused-ring (bicyclic) bond motifs is 1. The first-order chi connectivity index (χ1) is 9.69. The number of alkyl carbamates (subject to hydrolysis) is 1. The van der Waals surface area contributed by atoms with Gasteiger partial charge in [-0.3, -0.25) is 0 Å². The molecule has 1 heterocycles. The van der Waals surface area contributed by atoms with Gasteiger partial charge in [0.05, 0.1) is 6.10 Å². The Balaban J connectivity index is 2.09. The molecule has 21 heavy (non-hydrogen) atoms. The molecule has 1 atom stereocenters. The second kappa shape index (κ2) is 5.75. The number of benzene rings is 1. The van der Waals surface area contributed by atoms with E-state index in [0.29, 0.717) is 10.6 Å². The highest BCUT2D eigenvalue weighted by molar-refractivity contribution is 6.63. The quantitative estimate of drug-likeness (QED) is 0.717. The van der Waals surface area contributed by atoms with Crippen molar-refractivity contribution in [3.05, 3.63) is 22.7 Å². The lowest BCUT2D eigenvalue weighted by Crippen LogP contribution is -2.35. The molecule has 1 aliphatic rings. The van der Waals surface area contributed by atoms with E-state index in [4.69, 9.17) is 21.0 Å². The average Bonchev–Trinajstić information content (AvgIpc) is 2.68. The summed E-state index contributed by atoms with van der Waals surface area (Å²) < 4.78 is 10.4. The van der Waals surface area contributed by atoms with Gasteiger partial charge in [0.2, 0.25) is 0 Å². The monoisotopic (exact) mass is 313 g/mol. The predicted octanol–water partition coefficient (Wildman–Crippen LogP) is 1.33. The Morgan fingerprint density at radius 1 is 1.52 bits per heavy atom. The van der Waals surface area contributed by atoms with Gasteiger partial charge in [0.25, 0.3) is 0 Å². The van der Waals surface area contributed by atoms with E-state index in [9.17, 15) is 14.9 Å². The van der Waals surface area contributed by atoms with Gasteiger partial charge in [-0.05, 0) is 32.9 Å². The maximum Gasteiger partial charge on any atom is 0.495 e. The highest BCUT2D eigenvalue weighted by atomic mass is 35.5. The van der Waals surface area contributed by atoms with E-state index in [1.54, 1.807) is 20.8 Å². The number of halogens is 1. The summed E-state index contributed by atoms with van der Waals surface area (Å²) in [4.78, 5) is 11.6. The summed E-state index contributed by atoms with van der Waals surface area (Å²) in [5.74, 6) is -0.0957. The molecule has 8 heteroatoms. The van der Waals surface area contributed by atoms with Crippen LogP contribution in [0, 0.1) is 0 Å². The Kier molecular flexibility index (Phi) is 4.36. The maximum atomic E-state index is 11.6. The third-order valence-corrected chi connectivity index (χ3v) is 3.23. The van der Waals surface area contributed by atoms with Gasteiger partial charge >= 0.3 is 13.2 Å². The Morgan fingerprint density at radius 3 is 2.81 bits per heavy atom. The van der Waals surface area contributed by atoms with Crippen molar-refractivity contribution in [2.24, 2.45) is 0 Å². The number of phenols is 1. The molecular formula is C13H17BClNO5. The van der Waals surface area contributed by atoms with Crippen molar-refractivity contribution in [3.63, 3.8) is 0 Å². The van der Waals surface area contributed by atoms with E-state index >= 15 is 0 Å². The number of carbonyl (C=O) groups is 1. The first-order valence-corrected chi connectivity index (χ1v) is 6.88. The van der Waals surface area contributed by atoms with Gasteiger partial charge in [0.15, 0.2) is 0 Å². The minimum atomic E-state index is -1.27. The van der Waals surface area contributed by atoms with Gasteiger partial charge in [0.1, 0.15) is 11.4 Å². The highest BCUT2D eigenvalue weighted by Crippen LogP contribution is 2.32. The van der Waals surface area contributed by atoms with E-state index in [2.05, 4.69) is 5.32 Å². The lowest BCUT2D eigenvalue weighted by atomic mass is 9.78. The largest absolute Gasteiger partial charge is 0.508 e. The summed E-state index contributed by atoms with van der Waals surface area (Å²) in [6.07, 6.45) is -1.24. The van der Waals surface area contributed by atoms with Crippen LogP contribution in [0.2, 0.25) is 5.02 Å². The molecule has 3 N–H and O–H groups in total. The Hall–Kier alpha value is -1.44. The molecule has 1 amide bonds. The Morgan fingerprint density at radius 2 is 2.19 bits per heavy atom. The fourth-order valence-electron chi connectivity index (χ4n) is 2.12. The van der Waals surface area contributed by atoms with E-state index in [1.807, 2.05) is 0 Å². The standard InChI is InChI=1S/C13H17BClNO5/c1-13(2,3)20-12(18)16-6-9-10-7(15)4-5-8(17)11(10)14(19)21-9/h4-5,9,17,19H,6H2,1-3H3,(H,16,18)/t9-/m1/s1. The van der Waals surface area contributed by atoms with Crippen LogP contribution in [-0.4, -0.2) is 35.5 Å². The fourth-order valence-corrected chi connectivity index (χ4v) is 2.40. The molecule has 0 radical (unpaired) electrons. The number of rotatable bonds is 2. The van der Waals surface area contributed by atoms with Crippen LogP contribution < -0.4 is 10.8 Å². The molecule has 0 spiro atoms. The third-order valence-electron chi connectivity index (χ3n) is 2.90. The first kappa shape index (κ1) is 15.9. The van der Waals surface area contributed by atoms with E-state index in [1.165, 1.54) is 12.1 Å². The number of ether oxygens (including phenoxy) is 1. The maximum absolute atomic E-state index is 11.6. The van der Waals surface area contributed by atoms with Crippen molar-refractivity contribution in [2.45, 2.75) is 32.5 Å². The molecule has 114 valence electrons. The Labute approximate surface area is 128 Å². The average molecular weight is 314 g/mol. The molecule has 2 rings (SSSR count). The van der Waals surface area contributed by atoms with Gasteiger partial charge in [-0.25, -0.2) is 4.79 Å². The number of amides is 1. The molecule has 0 saturated carbocycles. The van der Waals surface area contributed by atoms with Crippen molar-refractivity contribution in [3.8, 4) is 5.75 Å². The topological polar surface area (TPSA) is 88.0 Å². The van der Waals surface area contributed by atoms with Crippen LogP contribution >= 0.6 is 11.6 Å². The second-order valence-corrected chi connectivity index (χ2v) is 6.16. The minimum Gasteiger partial charge on any atom is -0.508 e. The molecule has 1 aromatic rings.